The van der Waals surface area contributed by atoms with Crippen LogP contribution in [0.3, 0.4) is 0 Å². The lowest BCUT2D eigenvalue weighted by Gasteiger charge is -2.12. The molecule has 0 spiro atoms. The van der Waals surface area contributed by atoms with E-state index in [9.17, 15) is 18.0 Å². The van der Waals surface area contributed by atoms with Crippen molar-refractivity contribution in [1.82, 2.24) is 0 Å². The molecule has 0 bridgehead atoms. The van der Waals surface area contributed by atoms with E-state index in [1.54, 1.807) is 0 Å². The van der Waals surface area contributed by atoms with Gasteiger partial charge in [0, 0.05) is 5.69 Å². The highest BCUT2D eigenvalue weighted by molar-refractivity contribution is 6.42. The number of halogens is 6. The lowest BCUT2D eigenvalue weighted by molar-refractivity contribution is -0.137. The molecule has 2 rings (SSSR count). The Kier molecular flexibility index (Phi) is 5.29. The number of rotatable bonds is 2. The molecule has 0 radical (unpaired) electrons. The van der Waals surface area contributed by atoms with Crippen LogP contribution in [0, 0.1) is 0 Å². The van der Waals surface area contributed by atoms with E-state index in [-0.39, 0.29) is 15.7 Å². The normalized spacial score (nSPS) is 11.2. The Morgan fingerprint density at radius 2 is 1.52 bits per heavy atom. The maximum atomic E-state index is 12.7. The van der Waals surface area contributed by atoms with Gasteiger partial charge in [-0.3, -0.25) is 0 Å². The van der Waals surface area contributed by atoms with Gasteiger partial charge in [-0.2, -0.15) is 13.2 Å². The number of urea groups is 1. The molecule has 122 valence electrons. The van der Waals surface area contributed by atoms with Crippen LogP contribution in [0.15, 0.2) is 36.4 Å². The highest BCUT2D eigenvalue weighted by Gasteiger charge is 2.31. The monoisotopic (exact) mass is 382 g/mol. The molecule has 0 saturated heterocycles. The molecular weight excluding hydrogens is 376 g/mol. The first-order chi connectivity index (χ1) is 10.7. The molecule has 0 aliphatic carbocycles. The summed E-state index contributed by atoms with van der Waals surface area (Å²) in [5.41, 5.74) is -0.772. The molecule has 2 N–H and O–H groups in total. The van der Waals surface area contributed by atoms with E-state index in [2.05, 4.69) is 10.6 Å². The number of hydrogen-bond acceptors (Lipinski definition) is 1. The highest BCUT2D eigenvalue weighted by atomic mass is 35.5. The fraction of sp³-hybridized carbons (Fsp3) is 0.0714. The van der Waals surface area contributed by atoms with Gasteiger partial charge in [0.15, 0.2) is 0 Å². The van der Waals surface area contributed by atoms with E-state index in [4.69, 9.17) is 34.8 Å². The van der Waals surface area contributed by atoms with Gasteiger partial charge in [0.2, 0.25) is 0 Å². The Bertz CT molecular complexity index is 751. The van der Waals surface area contributed by atoms with Crippen molar-refractivity contribution < 1.29 is 18.0 Å². The van der Waals surface area contributed by atoms with E-state index >= 15 is 0 Å². The van der Waals surface area contributed by atoms with Crippen LogP contribution in [0.2, 0.25) is 15.1 Å². The predicted molar refractivity (Wildman–Crippen MR) is 85.6 cm³/mol. The molecule has 2 amide bonds. The van der Waals surface area contributed by atoms with Crippen molar-refractivity contribution in [1.29, 1.82) is 0 Å². The van der Waals surface area contributed by atoms with E-state index in [1.165, 1.54) is 18.2 Å². The Morgan fingerprint density at radius 3 is 2.13 bits per heavy atom. The second-order valence-electron chi connectivity index (χ2n) is 4.40. The van der Waals surface area contributed by atoms with Crippen LogP contribution < -0.4 is 10.6 Å². The van der Waals surface area contributed by atoms with Crippen LogP contribution in [-0.2, 0) is 6.18 Å². The first-order valence-corrected chi connectivity index (χ1v) is 7.20. The Labute approximate surface area is 144 Å². The number of nitrogens with one attached hydrogen (secondary N) is 2. The molecule has 0 aromatic heterocycles. The molecule has 0 saturated carbocycles. The van der Waals surface area contributed by atoms with Gasteiger partial charge in [-0.05, 0) is 36.4 Å². The minimum Gasteiger partial charge on any atom is -0.308 e. The van der Waals surface area contributed by atoms with Crippen LogP contribution in [0.5, 0.6) is 0 Å². The fourth-order valence-corrected chi connectivity index (χ4v) is 2.12. The standard InChI is InChI=1S/C14H8Cl3F3N2O/c15-9-4-2-8(6-11(9)17)21-13(23)22-12-5-7(14(18,19)20)1-3-10(12)16/h1-6H,(H2,21,22,23). The van der Waals surface area contributed by atoms with Crippen LogP contribution in [0.4, 0.5) is 29.3 Å². The maximum Gasteiger partial charge on any atom is 0.416 e. The maximum absolute atomic E-state index is 12.7. The van der Waals surface area contributed by atoms with Gasteiger partial charge >= 0.3 is 12.2 Å². The van der Waals surface area contributed by atoms with Gasteiger partial charge in [-0.1, -0.05) is 34.8 Å². The lowest BCUT2D eigenvalue weighted by Crippen LogP contribution is -2.20. The van der Waals surface area contributed by atoms with Gasteiger partial charge < -0.3 is 10.6 Å². The average Bonchev–Trinajstić information content (AvgIpc) is 2.44. The molecule has 0 heterocycles. The summed E-state index contributed by atoms with van der Waals surface area (Å²) in [7, 11) is 0. The summed E-state index contributed by atoms with van der Waals surface area (Å²) in [6, 6.07) is 6.21. The topological polar surface area (TPSA) is 41.1 Å². The molecule has 0 aliphatic rings. The molecule has 0 atom stereocenters. The van der Waals surface area contributed by atoms with Crippen LogP contribution in [0.1, 0.15) is 5.56 Å². The quantitative estimate of drug-likeness (QED) is 0.627. The fourth-order valence-electron chi connectivity index (χ4n) is 1.66. The SMILES string of the molecule is O=C(Nc1ccc(Cl)c(Cl)c1)Nc1cc(C(F)(F)F)ccc1Cl. The first kappa shape index (κ1) is 17.7. The predicted octanol–water partition coefficient (Wildman–Crippen LogP) is 6.31. The molecule has 2 aromatic carbocycles. The number of benzene rings is 2. The number of carbonyl (C=O) groups excluding carboxylic acids is 1. The Balaban J connectivity index is 2.15. The van der Waals surface area contributed by atoms with Gasteiger partial charge in [-0.15, -0.1) is 0 Å². The first-order valence-electron chi connectivity index (χ1n) is 6.06. The van der Waals surface area contributed by atoms with Gasteiger partial charge in [0.1, 0.15) is 0 Å². The Morgan fingerprint density at radius 1 is 0.870 bits per heavy atom. The largest absolute Gasteiger partial charge is 0.416 e. The third kappa shape index (κ3) is 4.67. The third-order valence-corrected chi connectivity index (χ3v) is 3.79. The summed E-state index contributed by atoms with van der Waals surface area (Å²) >= 11 is 17.3. The van der Waals surface area contributed by atoms with Crippen LogP contribution >= 0.6 is 34.8 Å². The number of anilines is 2. The minimum absolute atomic E-state index is 0.0257. The molecule has 0 aliphatic heterocycles. The summed E-state index contributed by atoms with van der Waals surface area (Å²) in [6.45, 7) is 0. The van der Waals surface area contributed by atoms with Gasteiger partial charge in [0.05, 0.1) is 26.3 Å². The number of amides is 2. The van der Waals surface area contributed by atoms with Crippen molar-refractivity contribution in [3.8, 4) is 0 Å². The molecule has 0 fully saturated rings. The third-order valence-electron chi connectivity index (χ3n) is 2.72. The van der Waals surface area contributed by atoms with E-state index < -0.39 is 17.8 Å². The summed E-state index contributed by atoms with van der Waals surface area (Å²) in [5.74, 6) is 0. The van der Waals surface area contributed by atoms with E-state index in [1.807, 2.05) is 0 Å². The Hall–Kier alpha value is -1.63. The van der Waals surface area contributed by atoms with Crippen molar-refractivity contribution in [2.24, 2.45) is 0 Å². The number of carbonyl (C=O) groups is 1. The summed E-state index contributed by atoms with van der Waals surface area (Å²) in [4.78, 5) is 11.9. The van der Waals surface area contributed by atoms with Gasteiger partial charge in [0.25, 0.3) is 0 Å². The molecule has 9 heteroatoms. The summed E-state index contributed by atoms with van der Waals surface area (Å²) < 4.78 is 38.0. The van der Waals surface area contributed by atoms with Crippen molar-refractivity contribution >= 4 is 52.2 Å². The van der Waals surface area contributed by atoms with Gasteiger partial charge in [-0.25, -0.2) is 4.79 Å². The lowest BCUT2D eigenvalue weighted by atomic mass is 10.2. The van der Waals surface area contributed by atoms with E-state index in [0.717, 1.165) is 18.2 Å². The van der Waals surface area contributed by atoms with Crippen LogP contribution in [0.25, 0.3) is 0 Å². The second-order valence-corrected chi connectivity index (χ2v) is 5.62. The summed E-state index contributed by atoms with van der Waals surface area (Å²) in [5, 5.41) is 5.16. The molecule has 23 heavy (non-hydrogen) atoms. The smallest absolute Gasteiger partial charge is 0.308 e. The number of hydrogen-bond donors (Lipinski definition) is 2. The zero-order chi connectivity index (χ0) is 17.2. The summed E-state index contributed by atoms with van der Waals surface area (Å²) in [6.07, 6.45) is -4.54. The van der Waals surface area contributed by atoms with Crippen molar-refractivity contribution in [2.75, 3.05) is 10.6 Å². The average molecular weight is 384 g/mol. The van der Waals surface area contributed by atoms with Crippen molar-refractivity contribution in [3.05, 3.63) is 57.0 Å². The zero-order valence-electron chi connectivity index (χ0n) is 11.1. The molecule has 3 nitrogen and oxygen atoms in total. The molecule has 0 unspecified atom stereocenters. The zero-order valence-corrected chi connectivity index (χ0v) is 13.4. The molecular formula is C14H8Cl3F3N2O. The number of alkyl halides is 3. The minimum atomic E-state index is -4.54. The van der Waals surface area contributed by atoms with Crippen LogP contribution in [-0.4, -0.2) is 6.03 Å². The highest BCUT2D eigenvalue weighted by Crippen LogP contribution is 2.34. The molecule has 2 aromatic rings. The second kappa shape index (κ2) is 6.86. The van der Waals surface area contributed by atoms with Crippen molar-refractivity contribution in [2.45, 2.75) is 6.18 Å². The van der Waals surface area contributed by atoms with Crippen molar-refractivity contribution in [3.63, 3.8) is 0 Å². The van der Waals surface area contributed by atoms with E-state index in [0.29, 0.717) is 10.7 Å².